The van der Waals surface area contributed by atoms with Crippen molar-refractivity contribution in [1.82, 2.24) is 30.1 Å². The monoisotopic (exact) mass is 400 g/mol. The minimum atomic E-state index is -0.286. The summed E-state index contributed by atoms with van der Waals surface area (Å²) < 4.78 is 13.1. The smallest absolute Gasteiger partial charge is 0.232 e. The second-order valence-electron chi connectivity index (χ2n) is 7.84. The number of rotatable bonds is 6. The number of nitrogen functional groups attached to an aromatic ring is 1. The topological polar surface area (TPSA) is 95.2 Å². The molecule has 4 rings (SSSR count). The molecule has 0 spiro atoms. The van der Waals surface area contributed by atoms with Gasteiger partial charge < -0.3 is 21.3 Å². The number of halogens is 1. The summed E-state index contributed by atoms with van der Waals surface area (Å²) >= 11 is 0. The standard InChI is InChI=1S/C20H29FN8/c21-16-1-3-17(4-2-16)24-20-26-18(25-19(22)27-20)14-29-11-9-28(10-12-29)13-15-5-7-23-8-6-15/h1-4,15,23H,5-14H2,(H3,22,24,25,26,27). The van der Waals surface area contributed by atoms with Crippen LogP contribution >= 0.6 is 0 Å². The number of hydrogen-bond acceptors (Lipinski definition) is 8. The van der Waals surface area contributed by atoms with E-state index in [1.54, 1.807) is 12.1 Å². The molecule has 2 aliphatic heterocycles. The Morgan fingerprint density at radius 2 is 1.69 bits per heavy atom. The van der Waals surface area contributed by atoms with Crippen molar-refractivity contribution in [2.75, 3.05) is 56.9 Å². The molecule has 0 amide bonds. The molecule has 0 atom stereocenters. The van der Waals surface area contributed by atoms with Crippen molar-refractivity contribution in [1.29, 1.82) is 0 Å². The lowest BCUT2D eigenvalue weighted by Crippen LogP contribution is -2.48. The van der Waals surface area contributed by atoms with Gasteiger partial charge in [0.1, 0.15) is 11.6 Å². The maximum absolute atomic E-state index is 13.1. The van der Waals surface area contributed by atoms with Gasteiger partial charge in [-0.25, -0.2) is 4.39 Å². The van der Waals surface area contributed by atoms with Gasteiger partial charge in [-0.15, -0.1) is 0 Å². The van der Waals surface area contributed by atoms with Gasteiger partial charge in [0.25, 0.3) is 0 Å². The Labute approximate surface area is 170 Å². The van der Waals surface area contributed by atoms with Crippen LogP contribution in [0.25, 0.3) is 0 Å². The largest absolute Gasteiger partial charge is 0.368 e. The second kappa shape index (κ2) is 9.43. The molecule has 29 heavy (non-hydrogen) atoms. The quantitative estimate of drug-likeness (QED) is 0.671. The summed E-state index contributed by atoms with van der Waals surface area (Å²) in [7, 11) is 0. The normalized spacial score (nSPS) is 19.3. The molecule has 0 radical (unpaired) electrons. The van der Waals surface area contributed by atoms with Crippen molar-refractivity contribution < 1.29 is 4.39 Å². The van der Waals surface area contributed by atoms with Crippen LogP contribution in [0.4, 0.5) is 22.0 Å². The summed E-state index contributed by atoms with van der Waals surface area (Å²) in [5, 5.41) is 6.50. The Morgan fingerprint density at radius 1 is 1.00 bits per heavy atom. The van der Waals surface area contributed by atoms with Gasteiger partial charge in [-0.2, -0.15) is 15.0 Å². The number of nitrogens with two attached hydrogens (primary N) is 1. The third-order valence-corrected chi connectivity index (χ3v) is 5.60. The first-order valence-electron chi connectivity index (χ1n) is 10.3. The van der Waals surface area contributed by atoms with Gasteiger partial charge >= 0.3 is 0 Å². The van der Waals surface area contributed by atoms with Crippen LogP contribution in [0.5, 0.6) is 0 Å². The molecule has 4 N–H and O–H groups in total. The molecule has 3 heterocycles. The van der Waals surface area contributed by atoms with E-state index >= 15 is 0 Å². The summed E-state index contributed by atoms with van der Waals surface area (Å²) in [5.41, 5.74) is 6.58. The molecule has 2 saturated heterocycles. The molecule has 0 aliphatic carbocycles. The molecule has 9 heteroatoms. The lowest BCUT2D eigenvalue weighted by molar-refractivity contribution is 0.105. The van der Waals surface area contributed by atoms with Gasteiger partial charge in [0.2, 0.25) is 11.9 Å². The third kappa shape index (κ3) is 5.81. The third-order valence-electron chi connectivity index (χ3n) is 5.60. The first-order chi connectivity index (χ1) is 14.1. The number of aromatic nitrogens is 3. The molecule has 0 saturated carbocycles. The minimum Gasteiger partial charge on any atom is -0.368 e. The molecule has 0 bridgehead atoms. The maximum Gasteiger partial charge on any atom is 0.232 e. The van der Waals surface area contributed by atoms with Crippen LogP contribution in [-0.2, 0) is 6.54 Å². The zero-order valence-electron chi connectivity index (χ0n) is 16.6. The van der Waals surface area contributed by atoms with Gasteiger partial charge in [-0.1, -0.05) is 0 Å². The molecule has 8 nitrogen and oxygen atoms in total. The Balaban J connectivity index is 1.30. The highest BCUT2D eigenvalue weighted by Crippen LogP contribution is 2.17. The first kappa shape index (κ1) is 19.9. The van der Waals surface area contributed by atoms with Crippen molar-refractivity contribution in [3.8, 4) is 0 Å². The average Bonchev–Trinajstić information content (AvgIpc) is 2.72. The van der Waals surface area contributed by atoms with Crippen molar-refractivity contribution in [2.45, 2.75) is 19.4 Å². The average molecular weight is 401 g/mol. The van der Waals surface area contributed by atoms with Crippen molar-refractivity contribution >= 4 is 17.6 Å². The summed E-state index contributed by atoms with van der Waals surface area (Å²) in [6.07, 6.45) is 2.57. The molecule has 1 aromatic carbocycles. The van der Waals surface area contributed by atoms with Gasteiger partial charge in [0.15, 0.2) is 0 Å². The van der Waals surface area contributed by atoms with E-state index in [1.807, 2.05) is 0 Å². The summed E-state index contributed by atoms with van der Waals surface area (Å²) in [5.74, 6) is 1.75. The van der Waals surface area contributed by atoms with Crippen molar-refractivity contribution in [3.05, 3.63) is 35.9 Å². The zero-order valence-corrected chi connectivity index (χ0v) is 16.6. The van der Waals surface area contributed by atoms with E-state index in [0.29, 0.717) is 24.0 Å². The van der Waals surface area contributed by atoms with Gasteiger partial charge in [0.05, 0.1) is 6.54 Å². The summed E-state index contributed by atoms with van der Waals surface area (Å²) in [6.45, 7) is 8.30. The Kier molecular flexibility index (Phi) is 6.48. The fraction of sp³-hybridized carbons (Fsp3) is 0.550. The van der Waals surface area contributed by atoms with E-state index in [1.165, 1.54) is 31.5 Å². The molecule has 2 aliphatic rings. The molecule has 156 valence electrons. The van der Waals surface area contributed by atoms with Crippen molar-refractivity contribution in [2.24, 2.45) is 5.92 Å². The molecular weight excluding hydrogens is 371 g/mol. The number of piperazine rings is 1. The predicted molar refractivity (Wildman–Crippen MR) is 111 cm³/mol. The molecule has 2 aromatic rings. The van der Waals surface area contributed by atoms with Gasteiger partial charge in [-0.05, 0) is 56.1 Å². The number of piperidine rings is 1. The predicted octanol–water partition coefficient (Wildman–Crippen LogP) is 1.45. The SMILES string of the molecule is Nc1nc(CN2CCN(CC3CCNCC3)CC2)nc(Nc2ccc(F)cc2)n1. The van der Waals surface area contributed by atoms with E-state index in [4.69, 9.17) is 5.73 Å². The lowest BCUT2D eigenvalue weighted by Gasteiger charge is -2.37. The Hall–Kier alpha value is -2.36. The van der Waals surface area contributed by atoms with Crippen LogP contribution in [-0.4, -0.2) is 70.6 Å². The minimum absolute atomic E-state index is 0.184. The van der Waals surface area contributed by atoms with E-state index in [0.717, 1.165) is 45.2 Å². The van der Waals surface area contributed by atoms with Gasteiger partial charge in [-0.3, -0.25) is 4.90 Å². The van der Waals surface area contributed by atoms with Crippen LogP contribution in [0.3, 0.4) is 0 Å². The van der Waals surface area contributed by atoms with Gasteiger partial charge in [0, 0.05) is 38.4 Å². The van der Waals surface area contributed by atoms with Crippen LogP contribution in [0.15, 0.2) is 24.3 Å². The molecular formula is C20H29FN8. The highest BCUT2D eigenvalue weighted by atomic mass is 19.1. The Morgan fingerprint density at radius 3 is 2.41 bits per heavy atom. The zero-order chi connectivity index (χ0) is 20.1. The van der Waals surface area contributed by atoms with Crippen LogP contribution in [0.2, 0.25) is 0 Å². The summed E-state index contributed by atoms with van der Waals surface area (Å²) in [4.78, 5) is 17.9. The maximum atomic E-state index is 13.1. The fourth-order valence-corrected chi connectivity index (χ4v) is 3.99. The van der Waals surface area contributed by atoms with Crippen molar-refractivity contribution in [3.63, 3.8) is 0 Å². The Bertz CT molecular complexity index is 786. The van der Waals surface area contributed by atoms with E-state index < -0.39 is 0 Å². The number of anilines is 3. The second-order valence-corrected chi connectivity index (χ2v) is 7.84. The molecule has 2 fully saturated rings. The van der Waals surface area contributed by atoms with Crippen LogP contribution < -0.4 is 16.4 Å². The van der Waals surface area contributed by atoms with Crippen LogP contribution in [0, 0.1) is 11.7 Å². The number of hydrogen-bond donors (Lipinski definition) is 3. The highest BCUT2D eigenvalue weighted by molar-refractivity contribution is 5.53. The van der Waals surface area contributed by atoms with E-state index in [-0.39, 0.29) is 11.8 Å². The fourth-order valence-electron chi connectivity index (χ4n) is 3.99. The number of benzene rings is 1. The summed E-state index contributed by atoms with van der Waals surface area (Å²) in [6, 6.07) is 6.04. The van der Waals surface area contributed by atoms with E-state index in [2.05, 4.69) is 35.4 Å². The lowest BCUT2D eigenvalue weighted by atomic mass is 9.97. The van der Waals surface area contributed by atoms with E-state index in [9.17, 15) is 4.39 Å². The highest BCUT2D eigenvalue weighted by Gasteiger charge is 2.22. The first-order valence-corrected chi connectivity index (χ1v) is 10.3. The molecule has 1 aromatic heterocycles. The number of nitrogens with one attached hydrogen (secondary N) is 2. The van der Waals surface area contributed by atoms with Crippen LogP contribution in [0.1, 0.15) is 18.7 Å². The number of nitrogens with zero attached hydrogens (tertiary/aromatic N) is 5. The molecule has 0 unspecified atom stereocenters.